The summed E-state index contributed by atoms with van der Waals surface area (Å²) in [7, 11) is 0. The molecule has 0 radical (unpaired) electrons. The zero-order valence-corrected chi connectivity index (χ0v) is 13.6. The minimum Gasteiger partial charge on any atom is -0.326 e. The second-order valence-electron chi connectivity index (χ2n) is 5.30. The van der Waals surface area contributed by atoms with Crippen LogP contribution in [0, 0.1) is 0 Å². The lowest BCUT2D eigenvalue weighted by Crippen LogP contribution is -2.33. The molecule has 1 amide bonds. The van der Waals surface area contributed by atoms with Gasteiger partial charge in [-0.15, -0.1) is 5.10 Å². The van der Waals surface area contributed by atoms with E-state index >= 15 is 0 Å². The van der Waals surface area contributed by atoms with Gasteiger partial charge in [-0.3, -0.25) is 4.79 Å². The van der Waals surface area contributed by atoms with E-state index in [0.29, 0.717) is 12.2 Å². The summed E-state index contributed by atoms with van der Waals surface area (Å²) in [4.78, 5) is 14.7. The molecule has 0 aliphatic carbocycles. The van der Waals surface area contributed by atoms with Crippen molar-refractivity contribution in [2.24, 2.45) is 0 Å². The Bertz CT molecular complexity index is 744. The molecule has 0 spiro atoms. The van der Waals surface area contributed by atoms with Gasteiger partial charge >= 0.3 is 0 Å². The van der Waals surface area contributed by atoms with Gasteiger partial charge in [0, 0.05) is 11.9 Å². The quantitative estimate of drug-likeness (QED) is 0.714. The molecular formula is C18H17N3OS. The third kappa shape index (κ3) is 3.63. The first kappa shape index (κ1) is 15.4. The van der Waals surface area contributed by atoms with Crippen LogP contribution in [-0.2, 0) is 6.54 Å². The van der Waals surface area contributed by atoms with Crippen molar-refractivity contribution in [3.05, 3.63) is 82.9 Å². The van der Waals surface area contributed by atoms with Gasteiger partial charge in [0.1, 0.15) is 0 Å². The molecule has 1 atom stereocenters. The van der Waals surface area contributed by atoms with Crippen LogP contribution in [0.3, 0.4) is 0 Å². The molecule has 0 aliphatic heterocycles. The Morgan fingerprint density at radius 1 is 1.09 bits per heavy atom. The highest BCUT2D eigenvalue weighted by Gasteiger charge is 2.24. The van der Waals surface area contributed by atoms with Gasteiger partial charge in [0.25, 0.3) is 5.91 Å². The van der Waals surface area contributed by atoms with Gasteiger partial charge < -0.3 is 4.90 Å². The van der Waals surface area contributed by atoms with Crippen LogP contribution < -0.4 is 0 Å². The standard InChI is InChI=1S/C18H17N3OS/c1-14(16-10-6-3-7-11-16)21(12-15-8-4-2-5-9-15)18(22)17-13-23-20-19-17/h2-11,13-14H,12H2,1H3/t14-/m1/s1. The molecule has 0 saturated heterocycles. The summed E-state index contributed by atoms with van der Waals surface area (Å²) in [5, 5.41) is 5.62. The minimum atomic E-state index is -0.0982. The molecule has 1 heterocycles. The van der Waals surface area contributed by atoms with Gasteiger partial charge in [-0.25, -0.2) is 0 Å². The van der Waals surface area contributed by atoms with Gasteiger partial charge in [0.2, 0.25) is 0 Å². The Morgan fingerprint density at radius 3 is 2.35 bits per heavy atom. The molecule has 0 bridgehead atoms. The zero-order valence-electron chi connectivity index (χ0n) is 12.8. The molecule has 2 aromatic carbocycles. The minimum absolute atomic E-state index is 0.0504. The van der Waals surface area contributed by atoms with Crippen LogP contribution in [-0.4, -0.2) is 20.4 Å². The summed E-state index contributed by atoms with van der Waals surface area (Å²) in [6, 6.07) is 20.0. The van der Waals surface area contributed by atoms with E-state index in [1.54, 1.807) is 5.38 Å². The average Bonchev–Trinajstić information content (AvgIpc) is 3.15. The van der Waals surface area contributed by atoms with Gasteiger partial charge in [-0.2, -0.15) is 0 Å². The molecule has 0 N–H and O–H groups in total. The number of amides is 1. The van der Waals surface area contributed by atoms with Crippen LogP contribution >= 0.6 is 11.5 Å². The monoisotopic (exact) mass is 323 g/mol. The molecule has 116 valence electrons. The third-order valence-corrected chi connectivity index (χ3v) is 4.29. The predicted molar refractivity (Wildman–Crippen MR) is 91.1 cm³/mol. The first-order chi connectivity index (χ1) is 11.3. The van der Waals surface area contributed by atoms with Gasteiger partial charge in [-0.05, 0) is 29.6 Å². The Balaban J connectivity index is 1.91. The molecule has 0 unspecified atom stereocenters. The smallest absolute Gasteiger partial charge is 0.276 e. The highest BCUT2D eigenvalue weighted by molar-refractivity contribution is 7.03. The van der Waals surface area contributed by atoms with Crippen LogP contribution in [0.5, 0.6) is 0 Å². The lowest BCUT2D eigenvalue weighted by atomic mass is 10.1. The van der Waals surface area contributed by atoms with Crippen LogP contribution in [0.4, 0.5) is 0 Å². The van der Waals surface area contributed by atoms with E-state index in [-0.39, 0.29) is 11.9 Å². The molecule has 3 aromatic rings. The van der Waals surface area contributed by atoms with E-state index in [1.807, 2.05) is 72.5 Å². The van der Waals surface area contributed by atoms with E-state index in [1.165, 1.54) is 11.5 Å². The Kier molecular flexibility index (Phi) is 4.78. The molecular weight excluding hydrogens is 306 g/mol. The van der Waals surface area contributed by atoms with E-state index < -0.39 is 0 Å². The lowest BCUT2D eigenvalue weighted by molar-refractivity contribution is 0.0668. The summed E-state index contributed by atoms with van der Waals surface area (Å²) < 4.78 is 3.81. The number of hydrogen-bond acceptors (Lipinski definition) is 4. The molecule has 0 saturated carbocycles. The van der Waals surface area contributed by atoms with Crippen molar-refractivity contribution >= 4 is 17.4 Å². The van der Waals surface area contributed by atoms with Crippen molar-refractivity contribution in [3.8, 4) is 0 Å². The first-order valence-electron chi connectivity index (χ1n) is 7.42. The number of carbonyl (C=O) groups is 1. The summed E-state index contributed by atoms with van der Waals surface area (Å²) >= 11 is 1.19. The van der Waals surface area contributed by atoms with Crippen molar-refractivity contribution in [3.63, 3.8) is 0 Å². The van der Waals surface area contributed by atoms with Crippen molar-refractivity contribution in [1.29, 1.82) is 0 Å². The van der Waals surface area contributed by atoms with Crippen LogP contribution in [0.25, 0.3) is 0 Å². The third-order valence-electron chi connectivity index (χ3n) is 3.79. The Morgan fingerprint density at radius 2 is 1.74 bits per heavy atom. The van der Waals surface area contributed by atoms with Gasteiger partial charge in [-0.1, -0.05) is 65.2 Å². The van der Waals surface area contributed by atoms with Crippen molar-refractivity contribution in [2.45, 2.75) is 19.5 Å². The van der Waals surface area contributed by atoms with E-state index in [0.717, 1.165) is 11.1 Å². The zero-order chi connectivity index (χ0) is 16.1. The maximum Gasteiger partial charge on any atom is 0.276 e. The Labute approximate surface area is 139 Å². The molecule has 3 rings (SSSR count). The van der Waals surface area contributed by atoms with Crippen LogP contribution in [0.1, 0.15) is 34.6 Å². The van der Waals surface area contributed by atoms with Crippen LogP contribution in [0.15, 0.2) is 66.0 Å². The second kappa shape index (κ2) is 7.15. The van der Waals surface area contributed by atoms with Crippen molar-refractivity contribution < 1.29 is 4.79 Å². The SMILES string of the molecule is C[C@H](c1ccccc1)N(Cc1ccccc1)C(=O)c1csnn1. The van der Waals surface area contributed by atoms with E-state index in [4.69, 9.17) is 0 Å². The first-order valence-corrected chi connectivity index (χ1v) is 8.26. The largest absolute Gasteiger partial charge is 0.326 e. The molecule has 4 nitrogen and oxygen atoms in total. The maximum absolute atomic E-state index is 12.9. The fraction of sp³-hybridized carbons (Fsp3) is 0.167. The number of hydrogen-bond donors (Lipinski definition) is 0. The van der Waals surface area contributed by atoms with Crippen molar-refractivity contribution in [2.75, 3.05) is 0 Å². The van der Waals surface area contributed by atoms with Crippen molar-refractivity contribution in [1.82, 2.24) is 14.5 Å². The second-order valence-corrected chi connectivity index (χ2v) is 5.91. The summed E-state index contributed by atoms with van der Waals surface area (Å²) in [6.07, 6.45) is 0. The highest BCUT2D eigenvalue weighted by Crippen LogP contribution is 2.24. The highest BCUT2D eigenvalue weighted by atomic mass is 32.1. The number of nitrogens with zero attached hydrogens (tertiary/aromatic N) is 3. The Hall–Kier alpha value is -2.53. The number of aromatic nitrogens is 2. The number of rotatable bonds is 5. The fourth-order valence-electron chi connectivity index (χ4n) is 2.48. The number of carbonyl (C=O) groups excluding carboxylic acids is 1. The van der Waals surface area contributed by atoms with Crippen LogP contribution in [0.2, 0.25) is 0 Å². The molecule has 1 aromatic heterocycles. The average molecular weight is 323 g/mol. The predicted octanol–water partition coefficient (Wildman–Crippen LogP) is 3.94. The lowest BCUT2D eigenvalue weighted by Gasteiger charge is -2.29. The van der Waals surface area contributed by atoms with E-state index in [9.17, 15) is 4.79 Å². The molecule has 5 heteroatoms. The molecule has 0 fully saturated rings. The molecule has 23 heavy (non-hydrogen) atoms. The maximum atomic E-state index is 12.9. The molecule has 0 aliphatic rings. The number of benzene rings is 2. The fourth-order valence-corrected chi connectivity index (χ4v) is 2.91. The topological polar surface area (TPSA) is 46.1 Å². The van der Waals surface area contributed by atoms with E-state index in [2.05, 4.69) is 9.59 Å². The summed E-state index contributed by atoms with van der Waals surface area (Å²) in [5.41, 5.74) is 2.58. The van der Waals surface area contributed by atoms with Gasteiger partial charge in [0.15, 0.2) is 5.69 Å². The summed E-state index contributed by atoms with van der Waals surface area (Å²) in [5.74, 6) is -0.0982. The van der Waals surface area contributed by atoms with Gasteiger partial charge in [0.05, 0.1) is 6.04 Å². The normalized spacial score (nSPS) is 11.9. The summed E-state index contributed by atoms with van der Waals surface area (Å²) in [6.45, 7) is 2.57.